The molecule has 0 aromatic carbocycles. The van der Waals surface area contributed by atoms with Crippen molar-refractivity contribution >= 4 is 18.3 Å². The van der Waals surface area contributed by atoms with Gasteiger partial charge in [0.25, 0.3) is 0 Å². The summed E-state index contributed by atoms with van der Waals surface area (Å²) in [5.41, 5.74) is 5.25. The monoisotopic (exact) mass is 192 g/mol. The Bertz CT molecular complexity index is 146. The fourth-order valence-electron chi connectivity index (χ4n) is 1.69. The van der Waals surface area contributed by atoms with Gasteiger partial charge in [-0.05, 0) is 32.4 Å². The van der Waals surface area contributed by atoms with Gasteiger partial charge in [0.1, 0.15) is 0 Å². The van der Waals surface area contributed by atoms with E-state index in [1.165, 1.54) is 12.8 Å². The highest BCUT2D eigenvalue weighted by atomic mass is 35.5. The summed E-state index contributed by atoms with van der Waals surface area (Å²) in [5.74, 6) is -0.172. The van der Waals surface area contributed by atoms with Gasteiger partial charge in [0, 0.05) is 0 Å². The van der Waals surface area contributed by atoms with E-state index in [9.17, 15) is 4.79 Å². The maximum Gasteiger partial charge on any atom is 0.234 e. The Kier molecular flexibility index (Phi) is 5.25. The van der Waals surface area contributed by atoms with Gasteiger partial charge >= 0.3 is 0 Å². The van der Waals surface area contributed by atoms with Crippen LogP contribution >= 0.6 is 12.4 Å². The number of hydrogen-bond donors (Lipinski definition) is 1. The van der Waals surface area contributed by atoms with E-state index in [1.807, 2.05) is 6.92 Å². The first-order valence-electron chi connectivity index (χ1n) is 4.29. The molecule has 1 amide bonds. The normalized spacial score (nSPS) is 20.1. The summed E-state index contributed by atoms with van der Waals surface area (Å²) >= 11 is 0. The minimum atomic E-state index is -0.172. The van der Waals surface area contributed by atoms with E-state index in [0.29, 0.717) is 0 Å². The minimum Gasteiger partial charge on any atom is -0.368 e. The Morgan fingerprint density at radius 3 is 2.33 bits per heavy atom. The Labute approximate surface area is 79.7 Å². The molecule has 72 valence electrons. The van der Waals surface area contributed by atoms with Crippen molar-refractivity contribution in [2.45, 2.75) is 32.2 Å². The molecule has 3 nitrogen and oxygen atoms in total. The van der Waals surface area contributed by atoms with Crippen LogP contribution in [-0.2, 0) is 4.79 Å². The number of hydrogen-bond acceptors (Lipinski definition) is 2. The molecule has 1 rings (SSSR count). The Hall–Kier alpha value is -0.280. The van der Waals surface area contributed by atoms with E-state index < -0.39 is 0 Å². The number of carbonyl (C=O) groups excluding carboxylic acids is 1. The second-order valence-corrected chi connectivity index (χ2v) is 3.07. The molecule has 1 unspecified atom stereocenters. The van der Waals surface area contributed by atoms with Gasteiger partial charge in [0.2, 0.25) is 5.91 Å². The molecule has 0 aromatic rings. The highest BCUT2D eigenvalue weighted by molar-refractivity contribution is 5.85. The molecule has 0 radical (unpaired) electrons. The number of likely N-dealkylation sites (tertiary alicyclic amines) is 1. The predicted octanol–water partition coefficient (Wildman–Crippen LogP) is 0.768. The number of nitrogens with two attached hydrogens (primary N) is 1. The second kappa shape index (κ2) is 5.38. The SMILES string of the molecule is CCC(C(N)=O)N1CCCC1.Cl. The lowest BCUT2D eigenvalue weighted by molar-refractivity contribution is -0.122. The van der Waals surface area contributed by atoms with E-state index >= 15 is 0 Å². The third kappa shape index (κ3) is 2.64. The predicted molar refractivity (Wildman–Crippen MR) is 51.3 cm³/mol. The van der Waals surface area contributed by atoms with Crippen LogP contribution in [0.5, 0.6) is 0 Å². The number of primary amides is 1. The van der Waals surface area contributed by atoms with Crippen LogP contribution in [0.4, 0.5) is 0 Å². The van der Waals surface area contributed by atoms with Gasteiger partial charge in [-0.3, -0.25) is 9.69 Å². The second-order valence-electron chi connectivity index (χ2n) is 3.07. The molecule has 1 aliphatic heterocycles. The van der Waals surface area contributed by atoms with Gasteiger partial charge < -0.3 is 5.73 Å². The smallest absolute Gasteiger partial charge is 0.234 e. The van der Waals surface area contributed by atoms with Gasteiger partial charge in [-0.2, -0.15) is 0 Å². The van der Waals surface area contributed by atoms with Crippen molar-refractivity contribution in [3.63, 3.8) is 0 Å². The van der Waals surface area contributed by atoms with E-state index in [4.69, 9.17) is 5.73 Å². The maximum atomic E-state index is 10.9. The summed E-state index contributed by atoms with van der Waals surface area (Å²) in [4.78, 5) is 13.1. The van der Waals surface area contributed by atoms with Gasteiger partial charge in [0.05, 0.1) is 6.04 Å². The molecule has 1 heterocycles. The molecule has 1 saturated heterocycles. The number of halogens is 1. The molecular formula is C8H17ClN2O. The van der Waals surface area contributed by atoms with Crippen molar-refractivity contribution in [3.05, 3.63) is 0 Å². The van der Waals surface area contributed by atoms with E-state index in [1.54, 1.807) is 0 Å². The molecule has 0 spiro atoms. The maximum absolute atomic E-state index is 10.9. The summed E-state index contributed by atoms with van der Waals surface area (Å²) < 4.78 is 0. The lowest BCUT2D eigenvalue weighted by Crippen LogP contribution is -2.42. The molecule has 1 aliphatic rings. The van der Waals surface area contributed by atoms with Crippen LogP contribution in [-0.4, -0.2) is 29.9 Å². The van der Waals surface area contributed by atoms with Crippen molar-refractivity contribution < 1.29 is 4.79 Å². The lowest BCUT2D eigenvalue weighted by Gasteiger charge is -2.22. The van der Waals surface area contributed by atoms with Gasteiger partial charge in [-0.15, -0.1) is 12.4 Å². The highest BCUT2D eigenvalue weighted by Crippen LogP contribution is 2.13. The first-order chi connectivity index (χ1) is 5.25. The van der Waals surface area contributed by atoms with E-state index in [0.717, 1.165) is 19.5 Å². The van der Waals surface area contributed by atoms with Gasteiger partial charge in [-0.1, -0.05) is 6.92 Å². The molecule has 2 N–H and O–H groups in total. The first-order valence-corrected chi connectivity index (χ1v) is 4.29. The van der Waals surface area contributed by atoms with Crippen molar-refractivity contribution in [1.29, 1.82) is 0 Å². The minimum absolute atomic E-state index is 0. The number of carbonyl (C=O) groups is 1. The molecule has 12 heavy (non-hydrogen) atoms. The summed E-state index contributed by atoms with van der Waals surface area (Å²) in [5, 5.41) is 0. The Balaban J connectivity index is 0.00000121. The van der Waals surface area contributed by atoms with Crippen LogP contribution in [0.3, 0.4) is 0 Å². The summed E-state index contributed by atoms with van der Waals surface area (Å²) in [6.45, 7) is 4.09. The molecule has 0 aliphatic carbocycles. The standard InChI is InChI=1S/C8H16N2O.ClH/c1-2-7(8(9)11)10-5-3-4-6-10;/h7H,2-6H2,1H3,(H2,9,11);1H. The van der Waals surface area contributed by atoms with Crippen LogP contribution in [0.2, 0.25) is 0 Å². The first kappa shape index (κ1) is 11.7. The average Bonchev–Trinajstić information content (AvgIpc) is 2.40. The van der Waals surface area contributed by atoms with E-state index in [2.05, 4.69) is 4.90 Å². The van der Waals surface area contributed by atoms with Crippen LogP contribution in [0.15, 0.2) is 0 Å². The third-order valence-corrected chi connectivity index (χ3v) is 2.30. The fourth-order valence-corrected chi connectivity index (χ4v) is 1.69. The molecule has 0 aromatic heterocycles. The molecule has 4 heteroatoms. The molecular weight excluding hydrogens is 176 g/mol. The molecule has 0 saturated carbocycles. The quantitative estimate of drug-likeness (QED) is 0.718. The number of rotatable bonds is 3. The van der Waals surface area contributed by atoms with Crippen LogP contribution < -0.4 is 5.73 Å². The molecule has 0 bridgehead atoms. The van der Waals surface area contributed by atoms with Crippen LogP contribution in [0.25, 0.3) is 0 Å². The fraction of sp³-hybridized carbons (Fsp3) is 0.875. The summed E-state index contributed by atoms with van der Waals surface area (Å²) in [6, 6.07) is -0.0162. The summed E-state index contributed by atoms with van der Waals surface area (Å²) in [6.07, 6.45) is 3.27. The highest BCUT2D eigenvalue weighted by Gasteiger charge is 2.23. The lowest BCUT2D eigenvalue weighted by atomic mass is 10.2. The van der Waals surface area contributed by atoms with Crippen molar-refractivity contribution in [2.75, 3.05) is 13.1 Å². The zero-order valence-corrected chi connectivity index (χ0v) is 8.27. The van der Waals surface area contributed by atoms with Gasteiger partial charge in [0.15, 0.2) is 0 Å². The molecule has 1 fully saturated rings. The Morgan fingerprint density at radius 1 is 1.50 bits per heavy atom. The van der Waals surface area contributed by atoms with Crippen molar-refractivity contribution in [1.82, 2.24) is 4.90 Å². The Morgan fingerprint density at radius 2 is 2.00 bits per heavy atom. The zero-order valence-electron chi connectivity index (χ0n) is 7.45. The zero-order chi connectivity index (χ0) is 8.27. The van der Waals surface area contributed by atoms with Gasteiger partial charge in [-0.25, -0.2) is 0 Å². The summed E-state index contributed by atoms with van der Waals surface area (Å²) in [7, 11) is 0. The van der Waals surface area contributed by atoms with E-state index in [-0.39, 0.29) is 24.4 Å². The number of nitrogens with zero attached hydrogens (tertiary/aromatic N) is 1. The number of amides is 1. The van der Waals surface area contributed by atoms with Crippen LogP contribution in [0, 0.1) is 0 Å². The third-order valence-electron chi connectivity index (χ3n) is 2.30. The van der Waals surface area contributed by atoms with Crippen molar-refractivity contribution in [2.24, 2.45) is 5.73 Å². The van der Waals surface area contributed by atoms with Crippen LogP contribution in [0.1, 0.15) is 26.2 Å². The average molecular weight is 193 g/mol. The topological polar surface area (TPSA) is 46.3 Å². The molecule has 1 atom stereocenters. The van der Waals surface area contributed by atoms with Crippen molar-refractivity contribution in [3.8, 4) is 0 Å². The largest absolute Gasteiger partial charge is 0.368 e.